The second-order valence-electron chi connectivity index (χ2n) is 3.93. The lowest BCUT2D eigenvalue weighted by molar-refractivity contribution is 0.0640. The van der Waals surface area contributed by atoms with Gasteiger partial charge in [0.25, 0.3) is 5.91 Å². The van der Waals surface area contributed by atoms with E-state index < -0.39 is 0 Å². The fraction of sp³-hybridized carbons (Fsp3) is 0.545. The molecule has 2 heterocycles. The summed E-state index contributed by atoms with van der Waals surface area (Å²) in [6.45, 7) is 4.93. The minimum Gasteiger partial charge on any atom is -0.472 e. The number of piperazine rings is 1. The molecule has 1 aromatic rings. The third-order valence-corrected chi connectivity index (χ3v) is 2.87. The van der Waals surface area contributed by atoms with Gasteiger partial charge in [0.05, 0.1) is 11.8 Å². The summed E-state index contributed by atoms with van der Waals surface area (Å²) in [6, 6.07) is 1.70. The Kier molecular flexibility index (Phi) is 3.58. The lowest BCUT2D eigenvalue weighted by Gasteiger charge is -2.34. The van der Waals surface area contributed by atoms with E-state index in [1.165, 1.54) is 12.5 Å². The predicted octanol–water partition coefficient (Wildman–Crippen LogP) is -0.00390. The largest absolute Gasteiger partial charge is 0.472 e. The molecule has 0 bridgehead atoms. The zero-order chi connectivity index (χ0) is 11.4. The van der Waals surface area contributed by atoms with Crippen molar-refractivity contribution in [2.45, 2.75) is 0 Å². The summed E-state index contributed by atoms with van der Waals surface area (Å²) in [5.74, 6) is 0.0566. The highest BCUT2D eigenvalue weighted by Gasteiger charge is 2.21. The number of amides is 1. The van der Waals surface area contributed by atoms with Crippen LogP contribution in [0.3, 0.4) is 0 Å². The lowest BCUT2D eigenvalue weighted by Crippen LogP contribution is -2.49. The molecule has 0 radical (unpaired) electrons. The van der Waals surface area contributed by atoms with Gasteiger partial charge in [0, 0.05) is 39.3 Å². The number of hydrogen-bond donors (Lipinski definition) is 1. The monoisotopic (exact) mass is 223 g/mol. The number of carbonyl (C=O) groups excluding carboxylic acids is 1. The Morgan fingerprint density at radius 1 is 1.38 bits per heavy atom. The minimum absolute atomic E-state index is 0.0566. The van der Waals surface area contributed by atoms with Crippen LogP contribution < -0.4 is 5.73 Å². The van der Waals surface area contributed by atoms with Crippen LogP contribution in [0.2, 0.25) is 0 Å². The first-order valence-corrected chi connectivity index (χ1v) is 5.55. The van der Waals surface area contributed by atoms with Gasteiger partial charge in [-0.05, 0) is 6.07 Å². The Morgan fingerprint density at radius 3 is 2.69 bits per heavy atom. The Morgan fingerprint density at radius 2 is 2.12 bits per heavy atom. The third-order valence-electron chi connectivity index (χ3n) is 2.87. The molecule has 1 saturated heterocycles. The molecule has 88 valence electrons. The van der Waals surface area contributed by atoms with Crippen molar-refractivity contribution in [1.29, 1.82) is 0 Å². The molecule has 1 aromatic heterocycles. The van der Waals surface area contributed by atoms with Crippen LogP contribution in [-0.4, -0.2) is 55.0 Å². The van der Waals surface area contributed by atoms with E-state index in [0.29, 0.717) is 12.1 Å². The number of furan rings is 1. The van der Waals surface area contributed by atoms with Crippen LogP contribution in [0.25, 0.3) is 0 Å². The summed E-state index contributed by atoms with van der Waals surface area (Å²) in [5, 5.41) is 0. The molecule has 2 N–H and O–H groups in total. The van der Waals surface area contributed by atoms with Crippen LogP contribution in [0.15, 0.2) is 23.0 Å². The number of rotatable bonds is 3. The van der Waals surface area contributed by atoms with E-state index in [9.17, 15) is 4.79 Å². The molecule has 1 amide bonds. The van der Waals surface area contributed by atoms with Crippen LogP contribution >= 0.6 is 0 Å². The van der Waals surface area contributed by atoms with Crippen molar-refractivity contribution in [1.82, 2.24) is 9.80 Å². The molecule has 16 heavy (non-hydrogen) atoms. The molecule has 0 aliphatic carbocycles. The highest BCUT2D eigenvalue weighted by molar-refractivity contribution is 5.93. The van der Waals surface area contributed by atoms with Gasteiger partial charge in [-0.15, -0.1) is 0 Å². The maximum Gasteiger partial charge on any atom is 0.257 e. The smallest absolute Gasteiger partial charge is 0.257 e. The van der Waals surface area contributed by atoms with E-state index >= 15 is 0 Å². The fourth-order valence-corrected chi connectivity index (χ4v) is 1.93. The molecule has 0 saturated carbocycles. The number of nitrogens with two attached hydrogens (primary N) is 1. The van der Waals surface area contributed by atoms with E-state index in [1.54, 1.807) is 6.07 Å². The molecule has 0 spiro atoms. The van der Waals surface area contributed by atoms with Crippen LogP contribution in [0.1, 0.15) is 10.4 Å². The van der Waals surface area contributed by atoms with E-state index in [4.69, 9.17) is 10.2 Å². The van der Waals surface area contributed by atoms with Gasteiger partial charge in [-0.2, -0.15) is 0 Å². The van der Waals surface area contributed by atoms with Crippen molar-refractivity contribution in [3.8, 4) is 0 Å². The molecular weight excluding hydrogens is 206 g/mol. The topological polar surface area (TPSA) is 62.7 Å². The maximum absolute atomic E-state index is 11.9. The van der Waals surface area contributed by atoms with Gasteiger partial charge >= 0.3 is 0 Å². The second-order valence-corrected chi connectivity index (χ2v) is 3.93. The molecule has 5 nitrogen and oxygen atoms in total. The standard InChI is InChI=1S/C11H17N3O2/c12-2-3-13-4-6-14(7-5-13)11(15)10-1-8-16-9-10/h1,8-9H,2-7,12H2. The van der Waals surface area contributed by atoms with Gasteiger partial charge in [-0.25, -0.2) is 0 Å². The molecule has 1 aliphatic rings. The second kappa shape index (κ2) is 5.14. The molecule has 0 unspecified atom stereocenters. The van der Waals surface area contributed by atoms with Crippen molar-refractivity contribution >= 4 is 5.91 Å². The first-order valence-electron chi connectivity index (χ1n) is 5.55. The van der Waals surface area contributed by atoms with E-state index in [2.05, 4.69) is 4.90 Å². The van der Waals surface area contributed by atoms with Gasteiger partial charge in [-0.1, -0.05) is 0 Å². The highest BCUT2D eigenvalue weighted by atomic mass is 16.3. The van der Waals surface area contributed by atoms with E-state index in [-0.39, 0.29) is 5.91 Å². The van der Waals surface area contributed by atoms with Crippen LogP contribution in [0.5, 0.6) is 0 Å². The van der Waals surface area contributed by atoms with Crippen LogP contribution in [-0.2, 0) is 0 Å². The van der Waals surface area contributed by atoms with Crippen molar-refractivity contribution in [3.63, 3.8) is 0 Å². The molecule has 2 rings (SSSR count). The zero-order valence-corrected chi connectivity index (χ0v) is 9.26. The van der Waals surface area contributed by atoms with Crippen LogP contribution in [0.4, 0.5) is 0 Å². The van der Waals surface area contributed by atoms with Crippen molar-refractivity contribution in [3.05, 3.63) is 24.2 Å². The Bertz CT molecular complexity index is 329. The molecule has 0 atom stereocenters. The van der Waals surface area contributed by atoms with Crippen molar-refractivity contribution in [2.24, 2.45) is 5.73 Å². The number of nitrogens with zero attached hydrogens (tertiary/aromatic N) is 2. The summed E-state index contributed by atoms with van der Waals surface area (Å²) < 4.78 is 4.91. The SMILES string of the molecule is NCCN1CCN(C(=O)c2ccoc2)CC1. The first kappa shape index (κ1) is 11.2. The van der Waals surface area contributed by atoms with Crippen molar-refractivity contribution < 1.29 is 9.21 Å². The van der Waals surface area contributed by atoms with Gasteiger partial charge in [-0.3, -0.25) is 9.69 Å². The molecule has 0 aromatic carbocycles. The lowest BCUT2D eigenvalue weighted by atomic mass is 10.2. The Labute approximate surface area is 94.8 Å². The quantitative estimate of drug-likeness (QED) is 0.783. The third kappa shape index (κ3) is 2.43. The normalized spacial score (nSPS) is 17.7. The summed E-state index contributed by atoms with van der Waals surface area (Å²) in [7, 11) is 0. The maximum atomic E-state index is 11.9. The number of hydrogen-bond acceptors (Lipinski definition) is 4. The van der Waals surface area contributed by atoms with Gasteiger partial charge in [0.15, 0.2) is 0 Å². The van der Waals surface area contributed by atoms with Gasteiger partial charge in [0.1, 0.15) is 6.26 Å². The van der Waals surface area contributed by atoms with Crippen LogP contribution in [0, 0.1) is 0 Å². The Hall–Kier alpha value is -1.33. The van der Waals surface area contributed by atoms with Gasteiger partial charge in [0.2, 0.25) is 0 Å². The molecule has 1 aliphatic heterocycles. The molecular formula is C11H17N3O2. The summed E-state index contributed by atoms with van der Waals surface area (Å²) in [4.78, 5) is 16.1. The predicted molar refractivity (Wildman–Crippen MR) is 60.1 cm³/mol. The Balaban J connectivity index is 1.87. The first-order chi connectivity index (χ1) is 7.81. The van der Waals surface area contributed by atoms with E-state index in [1.807, 2.05) is 4.90 Å². The average Bonchev–Trinajstić information content (AvgIpc) is 2.83. The van der Waals surface area contributed by atoms with E-state index in [0.717, 1.165) is 32.7 Å². The van der Waals surface area contributed by atoms with Crippen molar-refractivity contribution in [2.75, 3.05) is 39.3 Å². The molecule has 5 heteroatoms. The fourth-order valence-electron chi connectivity index (χ4n) is 1.93. The summed E-state index contributed by atoms with van der Waals surface area (Å²) >= 11 is 0. The highest BCUT2D eigenvalue weighted by Crippen LogP contribution is 2.08. The minimum atomic E-state index is 0.0566. The number of carbonyl (C=O) groups is 1. The molecule has 1 fully saturated rings. The summed E-state index contributed by atoms with van der Waals surface area (Å²) in [5.41, 5.74) is 6.13. The van der Waals surface area contributed by atoms with Gasteiger partial charge < -0.3 is 15.1 Å². The zero-order valence-electron chi connectivity index (χ0n) is 9.26. The average molecular weight is 223 g/mol. The summed E-state index contributed by atoms with van der Waals surface area (Å²) in [6.07, 6.45) is 3.02.